The molecular formula is C41H32N2. The summed E-state index contributed by atoms with van der Waals surface area (Å²) >= 11 is 0. The Morgan fingerprint density at radius 1 is 0.674 bits per heavy atom. The van der Waals surface area contributed by atoms with Gasteiger partial charge in [-0.05, 0) is 97.1 Å². The van der Waals surface area contributed by atoms with E-state index in [4.69, 9.17) is 11.1 Å². The van der Waals surface area contributed by atoms with Crippen LogP contribution in [0.5, 0.6) is 0 Å². The van der Waals surface area contributed by atoms with Gasteiger partial charge in [-0.2, -0.15) is 0 Å². The van der Waals surface area contributed by atoms with Crippen LogP contribution in [0, 0.1) is 5.41 Å². The molecule has 2 heteroatoms. The third-order valence-electron chi connectivity index (χ3n) is 8.40. The van der Waals surface area contributed by atoms with Crippen molar-refractivity contribution in [3.63, 3.8) is 0 Å². The zero-order chi connectivity index (χ0) is 29.2. The monoisotopic (exact) mass is 552 g/mol. The fraction of sp³-hybridized carbons (Fsp3) is 0.0488. The van der Waals surface area contributed by atoms with Crippen molar-refractivity contribution in [1.29, 1.82) is 5.41 Å². The highest BCUT2D eigenvalue weighted by Crippen LogP contribution is 2.38. The Bertz CT molecular complexity index is 2110. The molecule has 6 aromatic carbocycles. The Morgan fingerprint density at radius 3 is 2.09 bits per heavy atom. The summed E-state index contributed by atoms with van der Waals surface area (Å²) in [5, 5.41) is 12.7. The van der Waals surface area contributed by atoms with Gasteiger partial charge >= 0.3 is 0 Å². The number of nitrogens with two attached hydrogens (primary N) is 1. The van der Waals surface area contributed by atoms with Crippen LogP contribution in [0.25, 0.3) is 38.2 Å². The maximum atomic E-state index is 7.68. The maximum Gasteiger partial charge on any atom is 0.0409 e. The summed E-state index contributed by atoms with van der Waals surface area (Å²) < 4.78 is 0. The third-order valence-corrected chi connectivity index (χ3v) is 8.40. The van der Waals surface area contributed by atoms with E-state index >= 15 is 0 Å². The number of allylic oxidation sites excluding steroid dienone is 5. The zero-order valence-corrected chi connectivity index (χ0v) is 23.9. The highest BCUT2D eigenvalue weighted by atomic mass is 14.6. The SMILES string of the molecule is N=Cc1ccc(-c2ccc(Cc3ccc4ccccc4c3)c(/C(=C3/C=CC=CC3)c3ccc4ccccc4c3)c2)cc1N. The quantitative estimate of drug-likeness (QED) is 0.157. The van der Waals surface area contributed by atoms with E-state index in [-0.39, 0.29) is 0 Å². The molecule has 1 aliphatic carbocycles. The topological polar surface area (TPSA) is 49.9 Å². The molecule has 2 nitrogen and oxygen atoms in total. The van der Waals surface area contributed by atoms with Crippen LogP contribution >= 0.6 is 0 Å². The summed E-state index contributed by atoms with van der Waals surface area (Å²) in [5.41, 5.74) is 17.4. The normalized spacial score (nSPS) is 13.9. The molecule has 0 spiro atoms. The van der Waals surface area contributed by atoms with Crippen molar-refractivity contribution >= 4 is 39.0 Å². The number of benzene rings is 6. The number of rotatable bonds is 6. The lowest BCUT2D eigenvalue weighted by Crippen LogP contribution is -2.02. The Kier molecular flexibility index (Phi) is 7.02. The van der Waals surface area contributed by atoms with Crippen molar-refractivity contribution in [2.45, 2.75) is 12.8 Å². The molecule has 1 aliphatic rings. The number of hydrogen-bond acceptors (Lipinski definition) is 2. The Morgan fingerprint density at radius 2 is 1.37 bits per heavy atom. The molecule has 0 aliphatic heterocycles. The molecule has 7 rings (SSSR count). The molecule has 0 saturated carbocycles. The molecule has 206 valence electrons. The first kappa shape index (κ1) is 26.4. The van der Waals surface area contributed by atoms with Crippen molar-refractivity contribution in [3.8, 4) is 11.1 Å². The lowest BCUT2D eigenvalue weighted by Gasteiger charge is -2.20. The van der Waals surface area contributed by atoms with Gasteiger partial charge < -0.3 is 11.1 Å². The molecular weight excluding hydrogens is 520 g/mol. The first-order valence-electron chi connectivity index (χ1n) is 14.7. The second-order valence-corrected chi connectivity index (χ2v) is 11.2. The van der Waals surface area contributed by atoms with Crippen LogP contribution < -0.4 is 5.73 Å². The van der Waals surface area contributed by atoms with Gasteiger partial charge in [0.05, 0.1) is 0 Å². The van der Waals surface area contributed by atoms with Crippen molar-refractivity contribution < 1.29 is 0 Å². The maximum absolute atomic E-state index is 7.68. The molecule has 0 fully saturated rings. The van der Waals surface area contributed by atoms with E-state index in [1.54, 1.807) is 0 Å². The molecule has 0 aromatic heterocycles. The Labute approximate surface area is 252 Å². The fourth-order valence-electron chi connectivity index (χ4n) is 6.15. The number of nitrogen functional groups attached to an aromatic ring is 1. The summed E-state index contributed by atoms with van der Waals surface area (Å²) in [5.74, 6) is 0. The van der Waals surface area contributed by atoms with Crippen LogP contribution in [-0.2, 0) is 6.42 Å². The van der Waals surface area contributed by atoms with Crippen LogP contribution in [-0.4, -0.2) is 6.21 Å². The number of anilines is 1. The van der Waals surface area contributed by atoms with E-state index in [1.165, 1.54) is 61.2 Å². The Hall–Kier alpha value is -5.47. The van der Waals surface area contributed by atoms with Gasteiger partial charge in [0.15, 0.2) is 0 Å². The van der Waals surface area contributed by atoms with Crippen LogP contribution in [0.2, 0.25) is 0 Å². The van der Waals surface area contributed by atoms with Crippen molar-refractivity contribution in [2.24, 2.45) is 0 Å². The molecule has 0 amide bonds. The summed E-state index contributed by atoms with van der Waals surface area (Å²) in [7, 11) is 0. The lowest BCUT2D eigenvalue weighted by atomic mass is 9.83. The van der Waals surface area contributed by atoms with Gasteiger partial charge in [0.2, 0.25) is 0 Å². The smallest absolute Gasteiger partial charge is 0.0409 e. The third kappa shape index (κ3) is 5.31. The van der Waals surface area contributed by atoms with Crippen molar-refractivity contribution in [2.75, 3.05) is 5.73 Å². The summed E-state index contributed by atoms with van der Waals surface area (Å²) in [6, 6.07) is 43.5. The van der Waals surface area contributed by atoms with E-state index in [9.17, 15) is 0 Å². The van der Waals surface area contributed by atoms with Gasteiger partial charge in [-0.3, -0.25) is 0 Å². The highest BCUT2D eigenvalue weighted by molar-refractivity contribution is 5.93. The molecule has 0 saturated heterocycles. The lowest BCUT2D eigenvalue weighted by molar-refractivity contribution is 1.18. The predicted octanol–water partition coefficient (Wildman–Crippen LogP) is 10.1. The van der Waals surface area contributed by atoms with Crippen LogP contribution in [0.3, 0.4) is 0 Å². The minimum Gasteiger partial charge on any atom is -0.398 e. The van der Waals surface area contributed by atoms with E-state index in [2.05, 4.69) is 133 Å². The largest absolute Gasteiger partial charge is 0.398 e. The van der Waals surface area contributed by atoms with E-state index < -0.39 is 0 Å². The number of nitrogens with one attached hydrogen (secondary N) is 1. The average molecular weight is 553 g/mol. The average Bonchev–Trinajstić information content (AvgIpc) is 3.06. The highest BCUT2D eigenvalue weighted by Gasteiger charge is 2.17. The van der Waals surface area contributed by atoms with Crippen molar-refractivity contribution in [3.05, 3.63) is 179 Å². The van der Waals surface area contributed by atoms with E-state index in [0.29, 0.717) is 5.69 Å². The van der Waals surface area contributed by atoms with Crippen LogP contribution in [0.1, 0.15) is 34.2 Å². The van der Waals surface area contributed by atoms with Crippen LogP contribution in [0.4, 0.5) is 5.69 Å². The fourth-order valence-corrected chi connectivity index (χ4v) is 6.15. The van der Waals surface area contributed by atoms with Gasteiger partial charge in [0.1, 0.15) is 0 Å². The van der Waals surface area contributed by atoms with Gasteiger partial charge in [-0.25, -0.2) is 0 Å². The molecule has 0 heterocycles. The number of fused-ring (bicyclic) bond motifs is 2. The second kappa shape index (κ2) is 11.4. The van der Waals surface area contributed by atoms with E-state index in [0.717, 1.165) is 29.5 Å². The summed E-state index contributed by atoms with van der Waals surface area (Å²) in [4.78, 5) is 0. The van der Waals surface area contributed by atoms with Crippen LogP contribution in [0.15, 0.2) is 151 Å². The molecule has 0 unspecified atom stereocenters. The van der Waals surface area contributed by atoms with Gasteiger partial charge in [0, 0.05) is 17.5 Å². The molecule has 0 atom stereocenters. The van der Waals surface area contributed by atoms with E-state index in [1.807, 2.05) is 12.1 Å². The van der Waals surface area contributed by atoms with Gasteiger partial charge in [0.25, 0.3) is 0 Å². The standard InChI is InChI=1S/C41H32N2/c42-27-38-21-18-35(26-40(38)43)34-17-19-36(23-28-14-15-29-8-4-6-12-32(29)22-28)39(25-34)41(31-10-2-1-3-11-31)37-20-16-30-9-5-7-13-33(30)24-37/h1-10,12-22,24-27,42H,11,23,43H2/b41-31-,42-27?. The predicted molar refractivity (Wildman–Crippen MR) is 184 cm³/mol. The molecule has 43 heavy (non-hydrogen) atoms. The first-order chi connectivity index (χ1) is 21.2. The van der Waals surface area contributed by atoms with Crippen molar-refractivity contribution in [1.82, 2.24) is 0 Å². The second-order valence-electron chi connectivity index (χ2n) is 11.2. The minimum atomic E-state index is 0.614. The van der Waals surface area contributed by atoms with Gasteiger partial charge in [-0.1, -0.05) is 127 Å². The minimum absolute atomic E-state index is 0.614. The zero-order valence-electron chi connectivity index (χ0n) is 23.9. The molecule has 0 radical (unpaired) electrons. The molecule has 0 bridgehead atoms. The van der Waals surface area contributed by atoms with Gasteiger partial charge in [-0.15, -0.1) is 0 Å². The Balaban J connectivity index is 1.44. The molecule has 6 aromatic rings. The summed E-state index contributed by atoms with van der Waals surface area (Å²) in [6.07, 6.45) is 11.8. The summed E-state index contributed by atoms with van der Waals surface area (Å²) in [6.45, 7) is 0. The number of hydrogen-bond donors (Lipinski definition) is 2. The first-order valence-corrected chi connectivity index (χ1v) is 14.7. The molecule has 3 N–H and O–H groups in total.